The third-order valence-electron chi connectivity index (χ3n) is 3.59. The molecule has 0 saturated heterocycles. The SMILES string of the molecule is CNCc1cccc2c1ccn2Cc1cccc(OC)n1. The van der Waals surface area contributed by atoms with Crippen LogP contribution in [-0.4, -0.2) is 23.7 Å². The molecule has 1 aromatic carbocycles. The lowest BCUT2D eigenvalue weighted by Crippen LogP contribution is -2.05. The molecule has 3 rings (SSSR count). The van der Waals surface area contributed by atoms with E-state index in [9.17, 15) is 0 Å². The molecule has 108 valence electrons. The van der Waals surface area contributed by atoms with Gasteiger partial charge in [-0.15, -0.1) is 0 Å². The Balaban J connectivity index is 1.95. The number of hydrogen-bond donors (Lipinski definition) is 1. The second-order valence-corrected chi connectivity index (χ2v) is 5.00. The van der Waals surface area contributed by atoms with Crippen molar-refractivity contribution >= 4 is 10.9 Å². The van der Waals surface area contributed by atoms with Crippen LogP contribution in [0.3, 0.4) is 0 Å². The van der Waals surface area contributed by atoms with Gasteiger partial charge in [0.05, 0.1) is 19.3 Å². The largest absolute Gasteiger partial charge is 0.481 e. The summed E-state index contributed by atoms with van der Waals surface area (Å²) in [6.07, 6.45) is 2.12. The molecule has 0 aliphatic carbocycles. The number of nitrogens with zero attached hydrogens (tertiary/aromatic N) is 2. The Morgan fingerprint density at radius 1 is 1.14 bits per heavy atom. The van der Waals surface area contributed by atoms with Crippen molar-refractivity contribution < 1.29 is 4.74 Å². The summed E-state index contributed by atoms with van der Waals surface area (Å²) in [4.78, 5) is 4.48. The highest BCUT2D eigenvalue weighted by molar-refractivity contribution is 5.83. The molecule has 2 aromatic heterocycles. The molecule has 0 fully saturated rings. The Bertz CT molecular complexity index is 749. The van der Waals surface area contributed by atoms with E-state index in [1.807, 2.05) is 25.2 Å². The van der Waals surface area contributed by atoms with E-state index in [0.29, 0.717) is 5.88 Å². The fraction of sp³-hybridized carbons (Fsp3) is 0.235. The Morgan fingerprint density at radius 3 is 2.81 bits per heavy atom. The number of benzene rings is 1. The van der Waals surface area contributed by atoms with Gasteiger partial charge in [0, 0.05) is 29.7 Å². The maximum absolute atomic E-state index is 5.18. The maximum atomic E-state index is 5.18. The van der Waals surface area contributed by atoms with Crippen molar-refractivity contribution in [2.75, 3.05) is 14.2 Å². The zero-order valence-electron chi connectivity index (χ0n) is 12.3. The van der Waals surface area contributed by atoms with E-state index in [2.05, 4.69) is 45.3 Å². The number of pyridine rings is 1. The summed E-state index contributed by atoms with van der Waals surface area (Å²) in [5.74, 6) is 0.653. The van der Waals surface area contributed by atoms with E-state index in [0.717, 1.165) is 18.8 Å². The van der Waals surface area contributed by atoms with Crippen molar-refractivity contribution in [2.24, 2.45) is 0 Å². The average molecular weight is 281 g/mol. The van der Waals surface area contributed by atoms with Gasteiger partial charge in [0.1, 0.15) is 0 Å². The predicted molar refractivity (Wildman–Crippen MR) is 84.6 cm³/mol. The molecule has 0 atom stereocenters. The number of hydrogen-bond acceptors (Lipinski definition) is 3. The Kier molecular flexibility index (Phi) is 3.88. The number of ether oxygens (including phenoxy) is 1. The topological polar surface area (TPSA) is 39.1 Å². The molecule has 0 spiro atoms. The fourth-order valence-electron chi connectivity index (χ4n) is 2.60. The average Bonchev–Trinajstić information content (AvgIpc) is 2.92. The highest BCUT2D eigenvalue weighted by Crippen LogP contribution is 2.21. The lowest BCUT2D eigenvalue weighted by Gasteiger charge is -2.08. The first kappa shape index (κ1) is 13.6. The van der Waals surface area contributed by atoms with E-state index < -0.39 is 0 Å². The molecule has 0 unspecified atom stereocenters. The van der Waals surface area contributed by atoms with Crippen LogP contribution in [0.4, 0.5) is 0 Å². The fourth-order valence-corrected chi connectivity index (χ4v) is 2.60. The molecule has 21 heavy (non-hydrogen) atoms. The Hall–Kier alpha value is -2.33. The van der Waals surface area contributed by atoms with E-state index in [4.69, 9.17) is 4.74 Å². The third-order valence-corrected chi connectivity index (χ3v) is 3.59. The van der Waals surface area contributed by atoms with Crippen LogP contribution in [0.1, 0.15) is 11.3 Å². The molecule has 4 nitrogen and oxygen atoms in total. The molecule has 3 aromatic rings. The van der Waals surface area contributed by atoms with Crippen LogP contribution in [-0.2, 0) is 13.1 Å². The number of aromatic nitrogens is 2. The minimum Gasteiger partial charge on any atom is -0.481 e. The standard InChI is InChI=1S/C17H19N3O/c1-18-11-13-5-3-7-16-15(13)9-10-20(16)12-14-6-4-8-17(19-14)21-2/h3-10,18H,11-12H2,1-2H3. The number of fused-ring (bicyclic) bond motifs is 1. The molecule has 0 amide bonds. The Morgan fingerprint density at radius 2 is 2.00 bits per heavy atom. The number of methoxy groups -OCH3 is 1. The zero-order valence-corrected chi connectivity index (χ0v) is 12.3. The smallest absolute Gasteiger partial charge is 0.213 e. The van der Waals surface area contributed by atoms with Crippen LogP contribution < -0.4 is 10.1 Å². The summed E-state index contributed by atoms with van der Waals surface area (Å²) < 4.78 is 7.40. The van der Waals surface area contributed by atoms with Gasteiger partial charge in [0.2, 0.25) is 5.88 Å². The van der Waals surface area contributed by atoms with E-state index >= 15 is 0 Å². The quantitative estimate of drug-likeness (QED) is 0.781. The van der Waals surface area contributed by atoms with Crippen LogP contribution in [0.25, 0.3) is 10.9 Å². The molecule has 2 heterocycles. The molecule has 0 saturated carbocycles. The maximum Gasteiger partial charge on any atom is 0.213 e. The number of nitrogens with one attached hydrogen (secondary N) is 1. The summed E-state index contributed by atoms with van der Waals surface area (Å²) in [7, 11) is 3.61. The lowest BCUT2D eigenvalue weighted by atomic mass is 10.1. The minimum atomic E-state index is 0.653. The monoisotopic (exact) mass is 281 g/mol. The first-order valence-electron chi connectivity index (χ1n) is 7.03. The van der Waals surface area contributed by atoms with Gasteiger partial charge in [-0.25, -0.2) is 4.98 Å². The summed E-state index contributed by atoms with van der Waals surface area (Å²) in [5.41, 5.74) is 3.53. The zero-order chi connectivity index (χ0) is 14.7. The highest BCUT2D eigenvalue weighted by atomic mass is 16.5. The van der Waals surface area contributed by atoms with Gasteiger partial charge in [0.15, 0.2) is 0 Å². The van der Waals surface area contributed by atoms with Crippen LogP contribution in [0.15, 0.2) is 48.7 Å². The van der Waals surface area contributed by atoms with Crippen molar-refractivity contribution in [3.05, 3.63) is 59.9 Å². The van der Waals surface area contributed by atoms with E-state index in [1.54, 1.807) is 7.11 Å². The molecular formula is C17H19N3O. The minimum absolute atomic E-state index is 0.653. The first-order chi connectivity index (χ1) is 10.3. The number of rotatable bonds is 5. The summed E-state index contributed by atoms with van der Waals surface area (Å²) >= 11 is 0. The van der Waals surface area contributed by atoms with Crippen molar-refractivity contribution in [2.45, 2.75) is 13.1 Å². The molecule has 0 radical (unpaired) electrons. The second kappa shape index (κ2) is 5.97. The first-order valence-corrected chi connectivity index (χ1v) is 7.03. The lowest BCUT2D eigenvalue weighted by molar-refractivity contribution is 0.396. The molecule has 4 heteroatoms. The van der Waals surface area contributed by atoms with Gasteiger partial charge in [0.25, 0.3) is 0 Å². The van der Waals surface area contributed by atoms with Gasteiger partial charge in [-0.05, 0) is 30.8 Å². The van der Waals surface area contributed by atoms with Gasteiger partial charge in [-0.1, -0.05) is 18.2 Å². The van der Waals surface area contributed by atoms with E-state index in [1.165, 1.54) is 16.5 Å². The predicted octanol–water partition coefficient (Wildman–Crippen LogP) is 2.81. The van der Waals surface area contributed by atoms with Crippen molar-refractivity contribution in [1.82, 2.24) is 14.9 Å². The molecule has 1 N–H and O–H groups in total. The molecular weight excluding hydrogens is 262 g/mol. The van der Waals surface area contributed by atoms with Crippen molar-refractivity contribution in [3.8, 4) is 5.88 Å². The van der Waals surface area contributed by atoms with Crippen molar-refractivity contribution in [3.63, 3.8) is 0 Å². The van der Waals surface area contributed by atoms with Crippen LogP contribution in [0.2, 0.25) is 0 Å². The van der Waals surface area contributed by atoms with Gasteiger partial charge < -0.3 is 14.6 Å². The van der Waals surface area contributed by atoms with Crippen LogP contribution in [0, 0.1) is 0 Å². The molecule has 0 aliphatic heterocycles. The van der Waals surface area contributed by atoms with Gasteiger partial charge in [-0.3, -0.25) is 0 Å². The van der Waals surface area contributed by atoms with Crippen LogP contribution >= 0.6 is 0 Å². The molecule has 0 aliphatic rings. The summed E-state index contributed by atoms with van der Waals surface area (Å²) in [6.45, 7) is 1.61. The normalized spacial score (nSPS) is 11.0. The third kappa shape index (κ3) is 2.76. The van der Waals surface area contributed by atoms with Gasteiger partial charge in [-0.2, -0.15) is 0 Å². The summed E-state index contributed by atoms with van der Waals surface area (Å²) in [5, 5.41) is 4.50. The summed E-state index contributed by atoms with van der Waals surface area (Å²) in [6, 6.07) is 14.4. The van der Waals surface area contributed by atoms with E-state index in [-0.39, 0.29) is 0 Å². The Labute approximate surface area is 124 Å². The van der Waals surface area contributed by atoms with Crippen molar-refractivity contribution in [1.29, 1.82) is 0 Å². The highest BCUT2D eigenvalue weighted by Gasteiger charge is 2.06. The molecule has 0 bridgehead atoms. The second-order valence-electron chi connectivity index (χ2n) is 5.00. The van der Waals surface area contributed by atoms with Crippen LogP contribution in [0.5, 0.6) is 5.88 Å². The van der Waals surface area contributed by atoms with Gasteiger partial charge >= 0.3 is 0 Å².